The van der Waals surface area contributed by atoms with Crippen molar-refractivity contribution in [3.8, 4) is 11.5 Å². The predicted octanol–water partition coefficient (Wildman–Crippen LogP) is 4.44. The molecular formula is C17H17ClO3. The van der Waals surface area contributed by atoms with E-state index in [0.29, 0.717) is 22.9 Å². The average Bonchev–Trinajstić information content (AvgIpc) is 2.47. The average molecular weight is 305 g/mol. The number of rotatable bonds is 5. The zero-order chi connectivity index (χ0) is 15.4. The summed E-state index contributed by atoms with van der Waals surface area (Å²) in [5, 5.41) is 0.625. The molecule has 0 atom stereocenters. The number of Topliss-reactive ketones (excluding diaryl/α,β-unsaturated/α-hetero) is 1. The second kappa shape index (κ2) is 6.64. The van der Waals surface area contributed by atoms with Gasteiger partial charge in [-0.05, 0) is 49.7 Å². The summed E-state index contributed by atoms with van der Waals surface area (Å²) in [6.45, 7) is 3.80. The van der Waals surface area contributed by atoms with Gasteiger partial charge in [-0.15, -0.1) is 0 Å². The lowest BCUT2D eigenvalue weighted by Crippen LogP contribution is -2.02. The molecule has 0 aromatic heterocycles. The van der Waals surface area contributed by atoms with Gasteiger partial charge in [0.15, 0.2) is 5.78 Å². The highest BCUT2D eigenvalue weighted by atomic mass is 35.5. The highest BCUT2D eigenvalue weighted by molar-refractivity contribution is 6.30. The topological polar surface area (TPSA) is 35.5 Å². The molecule has 0 radical (unpaired) electrons. The normalized spacial score (nSPS) is 10.3. The fourth-order valence-electron chi connectivity index (χ4n) is 2.00. The van der Waals surface area contributed by atoms with E-state index in [-0.39, 0.29) is 5.78 Å². The number of carbonyl (C=O) groups is 1. The van der Waals surface area contributed by atoms with Crippen LogP contribution < -0.4 is 9.47 Å². The van der Waals surface area contributed by atoms with Gasteiger partial charge >= 0.3 is 0 Å². The van der Waals surface area contributed by atoms with E-state index in [2.05, 4.69) is 0 Å². The second-order valence-electron chi connectivity index (χ2n) is 4.78. The summed E-state index contributed by atoms with van der Waals surface area (Å²) in [6.07, 6.45) is 0. The largest absolute Gasteiger partial charge is 0.496 e. The lowest BCUT2D eigenvalue weighted by molar-refractivity contribution is 0.101. The maximum Gasteiger partial charge on any atom is 0.159 e. The third-order valence-corrected chi connectivity index (χ3v) is 3.46. The minimum Gasteiger partial charge on any atom is -0.496 e. The molecule has 0 aliphatic heterocycles. The standard InChI is InChI=1S/C17H17ClO3/c1-11-4-6-15(18)9-17(11)21-10-14-8-13(12(2)19)5-7-16(14)20-3/h4-9H,10H2,1-3H3. The summed E-state index contributed by atoms with van der Waals surface area (Å²) in [4.78, 5) is 11.5. The number of ether oxygens (including phenoxy) is 2. The van der Waals surface area contributed by atoms with Crippen LogP contribution in [0.1, 0.15) is 28.4 Å². The summed E-state index contributed by atoms with van der Waals surface area (Å²) in [5.74, 6) is 1.43. The number of benzene rings is 2. The van der Waals surface area contributed by atoms with Crippen LogP contribution in [0.4, 0.5) is 0 Å². The molecule has 3 nitrogen and oxygen atoms in total. The van der Waals surface area contributed by atoms with Crippen molar-refractivity contribution in [2.24, 2.45) is 0 Å². The Morgan fingerprint density at radius 2 is 1.90 bits per heavy atom. The molecule has 0 amide bonds. The highest BCUT2D eigenvalue weighted by Crippen LogP contribution is 2.26. The van der Waals surface area contributed by atoms with Gasteiger partial charge < -0.3 is 9.47 Å². The summed E-state index contributed by atoms with van der Waals surface area (Å²) in [7, 11) is 1.59. The lowest BCUT2D eigenvalue weighted by atomic mass is 10.1. The molecule has 0 aliphatic carbocycles. The van der Waals surface area contributed by atoms with Crippen LogP contribution in [0, 0.1) is 6.92 Å². The van der Waals surface area contributed by atoms with Crippen LogP contribution >= 0.6 is 11.6 Å². The highest BCUT2D eigenvalue weighted by Gasteiger charge is 2.09. The molecule has 4 heteroatoms. The van der Waals surface area contributed by atoms with Crippen molar-refractivity contribution in [1.29, 1.82) is 0 Å². The molecule has 2 aromatic carbocycles. The molecule has 21 heavy (non-hydrogen) atoms. The van der Waals surface area contributed by atoms with Crippen molar-refractivity contribution in [3.63, 3.8) is 0 Å². The van der Waals surface area contributed by atoms with Crippen molar-refractivity contribution in [2.75, 3.05) is 7.11 Å². The van der Waals surface area contributed by atoms with Gasteiger partial charge in [-0.3, -0.25) is 4.79 Å². The lowest BCUT2D eigenvalue weighted by Gasteiger charge is -2.13. The van der Waals surface area contributed by atoms with E-state index in [1.807, 2.05) is 19.1 Å². The summed E-state index contributed by atoms with van der Waals surface area (Å²) in [5.41, 5.74) is 2.46. The maximum absolute atomic E-state index is 11.5. The van der Waals surface area contributed by atoms with Crippen LogP contribution in [0.15, 0.2) is 36.4 Å². The second-order valence-corrected chi connectivity index (χ2v) is 5.22. The van der Waals surface area contributed by atoms with Crippen LogP contribution in [0.25, 0.3) is 0 Å². The zero-order valence-electron chi connectivity index (χ0n) is 12.3. The van der Waals surface area contributed by atoms with E-state index in [1.165, 1.54) is 6.92 Å². The summed E-state index contributed by atoms with van der Waals surface area (Å²) in [6, 6.07) is 10.8. The molecule has 0 aliphatic rings. The predicted molar refractivity (Wildman–Crippen MR) is 83.5 cm³/mol. The number of hydrogen-bond donors (Lipinski definition) is 0. The minimum absolute atomic E-state index is 0.0119. The molecule has 0 saturated carbocycles. The molecule has 0 spiro atoms. The molecule has 0 unspecified atom stereocenters. The van der Waals surface area contributed by atoms with Gasteiger partial charge in [0, 0.05) is 16.1 Å². The Labute approximate surface area is 129 Å². The van der Waals surface area contributed by atoms with Crippen LogP contribution in [-0.2, 0) is 6.61 Å². The third kappa shape index (κ3) is 3.76. The van der Waals surface area contributed by atoms with Crippen LogP contribution in [-0.4, -0.2) is 12.9 Å². The van der Waals surface area contributed by atoms with Gasteiger partial charge in [0.25, 0.3) is 0 Å². The fraction of sp³-hybridized carbons (Fsp3) is 0.235. The van der Waals surface area contributed by atoms with Gasteiger partial charge in [0.2, 0.25) is 0 Å². The zero-order valence-corrected chi connectivity index (χ0v) is 13.0. The monoisotopic (exact) mass is 304 g/mol. The Kier molecular flexibility index (Phi) is 4.86. The number of ketones is 1. The van der Waals surface area contributed by atoms with E-state index < -0.39 is 0 Å². The van der Waals surface area contributed by atoms with Gasteiger partial charge in [0.05, 0.1) is 7.11 Å². The van der Waals surface area contributed by atoms with Crippen molar-refractivity contribution >= 4 is 17.4 Å². The third-order valence-electron chi connectivity index (χ3n) is 3.22. The molecule has 110 valence electrons. The van der Waals surface area contributed by atoms with Crippen LogP contribution in [0.5, 0.6) is 11.5 Å². The number of methoxy groups -OCH3 is 1. The Balaban J connectivity index is 2.24. The molecule has 0 bridgehead atoms. The SMILES string of the molecule is COc1ccc(C(C)=O)cc1COc1cc(Cl)ccc1C. The molecule has 0 N–H and O–H groups in total. The van der Waals surface area contributed by atoms with Crippen molar-refractivity contribution in [1.82, 2.24) is 0 Å². The molecule has 0 fully saturated rings. The first kappa shape index (κ1) is 15.4. The van der Waals surface area contributed by atoms with E-state index in [0.717, 1.165) is 16.9 Å². The Morgan fingerprint density at radius 1 is 1.14 bits per heavy atom. The summed E-state index contributed by atoms with van der Waals surface area (Å²) >= 11 is 5.97. The van der Waals surface area contributed by atoms with Crippen LogP contribution in [0.3, 0.4) is 0 Å². The number of halogens is 1. The molecule has 2 aromatic rings. The van der Waals surface area contributed by atoms with E-state index in [9.17, 15) is 4.79 Å². The first-order valence-electron chi connectivity index (χ1n) is 6.58. The van der Waals surface area contributed by atoms with Crippen molar-refractivity contribution in [3.05, 3.63) is 58.1 Å². The van der Waals surface area contributed by atoms with Gasteiger partial charge in [-0.2, -0.15) is 0 Å². The molecular weight excluding hydrogens is 288 g/mol. The minimum atomic E-state index is 0.0119. The van der Waals surface area contributed by atoms with Gasteiger partial charge in [0.1, 0.15) is 18.1 Å². The quantitative estimate of drug-likeness (QED) is 0.766. The van der Waals surface area contributed by atoms with Gasteiger partial charge in [-0.1, -0.05) is 17.7 Å². The molecule has 0 saturated heterocycles. The van der Waals surface area contributed by atoms with Gasteiger partial charge in [-0.25, -0.2) is 0 Å². The number of hydrogen-bond acceptors (Lipinski definition) is 3. The van der Waals surface area contributed by atoms with E-state index >= 15 is 0 Å². The Hall–Kier alpha value is -2.00. The Morgan fingerprint density at radius 3 is 2.57 bits per heavy atom. The first-order chi connectivity index (χ1) is 10.0. The number of aryl methyl sites for hydroxylation is 1. The maximum atomic E-state index is 11.5. The molecule has 2 rings (SSSR count). The first-order valence-corrected chi connectivity index (χ1v) is 6.96. The summed E-state index contributed by atoms with van der Waals surface area (Å²) < 4.78 is 11.1. The van der Waals surface area contributed by atoms with E-state index in [1.54, 1.807) is 31.4 Å². The van der Waals surface area contributed by atoms with Crippen LogP contribution in [0.2, 0.25) is 5.02 Å². The Bertz CT molecular complexity index is 665. The number of carbonyl (C=O) groups excluding carboxylic acids is 1. The fourth-order valence-corrected chi connectivity index (χ4v) is 2.16. The molecule has 0 heterocycles. The van der Waals surface area contributed by atoms with Crippen molar-refractivity contribution < 1.29 is 14.3 Å². The smallest absolute Gasteiger partial charge is 0.159 e. The van der Waals surface area contributed by atoms with E-state index in [4.69, 9.17) is 21.1 Å². The van der Waals surface area contributed by atoms with Crippen molar-refractivity contribution in [2.45, 2.75) is 20.5 Å².